The lowest BCUT2D eigenvalue weighted by atomic mass is 10.2. The first-order valence-electron chi connectivity index (χ1n) is 6.03. The molecule has 19 heavy (non-hydrogen) atoms. The zero-order valence-corrected chi connectivity index (χ0v) is 11.7. The first kappa shape index (κ1) is 16.3. The number of carbonyl (C=O) groups is 1. The molecule has 0 aromatic carbocycles. The maximum atomic E-state index is 12.1. The van der Waals surface area contributed by atoms with E-state index in [0.717, 1.165) is 6.26 Å². The molecule has 0 bridgehead atoms. The summed E-state index contributed by atoms with van der Waals surface area (Å²) in [5.41, 5.74) is 0. The normalized spacial score (nSPS) is 24.5. The van der Waals surface area contributed by atoms with E-state index in [1.165, 1.54) is 11.9 Å². The molecule has 0 radical (unpaired) electrons. The number of sulfone groups is 1. The molecular weight excluding hydrogens is 283 g/mol. The molecule has 0 aliphatic heterocycles. The molecule has 2 atom stereocenters. The fourth-order valence-corrected chi connectivity index (χ4v) is 3.94. The van der Waals surface area contributed by atoms with Gasteiger partial charge in [-0.25, -0.2) is 8.42 Å². The highest BCUT2D eigenvalue weighted by Crippen LogP contribution is 2.30. The predicted octanol–water partition coefficient (Wildman–Crippen LogP) is 1.75. The van der Waals surface area contributed by atoms with Crippen molar-refractivity contribution in [3.63, 3.8) is 0 Å². The molecule has 1 saturated carbocycles. The number of halogens is 3. The van der Waals surface area contributed by atoms with Gasteiger partial charge in [0.2, 0.25) is 5.91 Å². The van der Waals surface area contributed by atoms with Crippen LogP contribution in [0.15, 0.2) is 0 Å². The summed E-state index contributed by atoms with van der Waals surface area (Å²) in [5, 5.41) is -0.660. The lowest BCUT2D eigenvalue weighted by Crippen LogP contribution is -2.44. The highest BCUT2D eigenvalue weighted by molar-refractivity contribution is 7.91. The number of carbonyl (C=O) groups excluding carboxylic acids is 1. The summed E-state index contributed by atoms with van der Waals surface area (Å²) in [6.45, 7) is 0. The minimum absolute atomic E-state index is 0.459. The maximum absolute atomic E-state index is 12.1. The smallest absolute Gasteiger partial charge is 0.341 e. The molecule has 0 spiro atoms. The van der Waals surface area contributed by atoms with Crippen molar-refractivity contribution in [2.75, 3.05) is 13.3 Å². The van der Waals surface area contributed by atoms with E-state index < -0.39 is 46.1 Å². The summed E-state index contributed by atoms with van der Waals surface area (Å²) in [7, 11) is -1.91. The topological polar surface area (TPSA) is 54.5 Å². The van der Waals surface area contributed by atoms with Crippen molar-refractivity contribution in [1.29, 1.82) is 0 Å². The molecule has 0 heterocycles. The number of nitrogens with zero attached hydrogens (tertiary/aromatic N) is 1. The molecule has 0 saturated heterocycles. The SMILES string of the molecule is CN(C(=O)CCC(F)(F)F)C1CCCC1S(C)(=O)=O. The standard InChI is InChI=1S/C11H18F3NO3S/c1-15(10(16)6-7-11(12,13)14)8-4-3-5-9(8)19(2,17)18/h8-9H,3-7H2,1-2H3. The highest BCUT2D eigenvalue weighted by Gasteiger charge is 2.39. The molecule has 1 rings (SSSR count). The van der Waals surface area contributed by atoms with Crippen LogP contribution >= 0.6 is 0 Å². The fourth-order valence-electron chi connectivity index (χ4n) is 2.46. The van der Waals surface area contributed by atoms with Crippen molar-refractivity contribution in [2.24, 2.45) is 0 Å². The molecule has 112 valence electrons. The molecule has 1 aliphatic carbocycles. The minimum atomic E-state index is -4.37. The number of amides is 1. The molecule has 4 nitrogen and oxygen atoms in total. The van der Waals surface area contributed by atoms with Crippen molar-refractivity contribution in [1.82, 2.24) is 4.90 Å². The van der Waals surface area contributed by atoms with Gasteiger partial charge in [0.1, 0.15) is 0 Å². The van der Waals surface area contributed by atoms with Crippen LogP contribution in [-0.4, -0.2) is 50.0 Å². The van der Waals surface area contributed by atoms with Gasteiger partial charge in [0.05, 0.1) is 11.7 Å². The Hall–Kier alpha value is -0.790. The lowest BCUT2D eigenvalue weighted by molar-refractivity contribution is -0.149. The first-order valence-corrected chi connectivity index (χ1v) is 7.99. The van der Waals surface area contributed by atoms with E-state index in [9.17, 15) is 26.4 Å². The molecule has 8 heteroatoms. The van der Waals surface area contributed by atoms with E-state index in [2.05, 4.69) is 0 Å². The van der Waals surface area contributed by atoms with Crippen LogP contribution in [0.3, 0.4) is 0 Å². The molecule has 1 amide bonds. The van der Waals surface area contributed by atoms with Crippen LogP contribution in [0.5, 0.6) is 0 Å². The molecule has 0 aromatic rings. The Labute approximate surface area is 110 Å². The third kappa shape index (κ3) is 4.67. The summed E-state index contributed by atoms with van der Waals surface area (Å²) in [4.78, 5) is 12.9. The second kappa shape index (κ2) is 5.68. The van der Waals surface area contributed by atoms with Crippen molar-refractivity contribution >= 4 is 15.7 Å². The van der Waals surface area contributed by atoms with Crippen molar-refractivity contribution in [2.45, 2.75) is 49.6 Å². The summed E-state index contributed by atoms with van der Waals surface area (Å²) in [5.74, 6) is -0.655. The molecule has 1 fully saturated rings. The van der Waals surface area contributed by atoms with Gasteiger partial charge in [0.15, 0.2) is 9.84 Å². The summed E-state index contributed by atoms with van der Waals surface area (Å²) < 4.78 is 59.3. The van der Waals surface area contributed by atoms with Gasteiger partial charge in [-0.05, 0) is 19.3 Å². The second-order valence-corrected chi connectivity index (χ2v) is 7.25. The maximum Gasteiger partial charge on any atom is 0.389 e. The molecule has 0 aromatic heterocycles. The first-order chi connectivity index (χ1) is 8.52. The molecule has 1 aliphatic rings. The van der Waals surface area contributed by atoms with E-state index in [-0.39, 0.29) is 0 Å². The minimum Gasteiger partial charge on any atom is -0.341 e. The Bertz CT molecular complexity index is 433. The van der Waals surface area contributed by atoms with Gasteiger partial charge in [-0.2, -0.15) is 13.2 Å². The average molecular weight is 301 g/mol. The van der Waals surface area contributed by atoms with Gasteiger partial charge < -0.3 is 4.90 Å². The summed E-state index contributed by atoms with van der Waals surface area (Å²) in [6.07, 6.45) is -3.43. The highest BCUT2D eigenvalue weighted by atomic mass is 32.2. The van der Waals surface area contributed by atoms with E-state index in [1.807, 2.05) is 0 Å². The zero-order valence-electron chi connectivity index (χ0n) is 10.9. The molecule has 0 N–H and O–H groups in total. The van der Waals surface area contributed by atoms with Crippen molar-refractivity contribution in [3.05, 3.63) is 0 Å². The third-order valence-electron chi connectivity index (χ3n) is 3.48. The predicted molar refractivity (Wildman–Crippen MR) is 64.3 cm³/mol. The van der Waals surface area contributed by atoms with Gasteiger partial charge in [-0.1, -0.05) is 0 Å². The van der Waals surface area contributed by atoms with E-state index in [4.69, 9.17) is 0 Å². The number of rotatable bonds is 4. The Morgan fingerprint density at radius 3 is 2.37 bits per heavy atom. The average Bonchev–Trinajstić information content (AvgIpc) is 2.72. The van der Waals surface area contributed by atoms with Crippen molar-refractivity contribution < 1.29 is 26.4 Å². The second-order valence-electron chi connectivity index (χ2n) is 4.99. The van der Waals surface area contributed by atoms with Crippen LogP contribution in [0, 0.1) is 0 Å². The van der Waals surface area contributed by atoms with Gasteiger partial charge in [0.25, 0.3) is 0 Å². The number of hydrogen-bond acceptors (Lipinski definition) is 3. The lowest BCUT2D eigenvalue weighted by Gasteiger charge is -2.29. The number of alkyl halides is 3. The third-order valence-corrected chi connectivity index (χ3v) is 5.13. The van der Waals surface area contributed by atoms with Crippen LogP contribution < -0.4 is 0 Å². The van der Waals surface area contributed by atoms with Crippen molar-refractivity contribution in [3.8, 4) is 0 Å². The van der Waals surface area contributed by atoms with Crippen LogP contribution in [0.25, 0.3) is 0 Å². The fraction of sp³-hybridized carbons (Fsp3) is 0.909. The zero-order chi connectivity index (χ0) is 14.8. The monoisotopic (exact) mass is 301 g/mol. The quantitative estimate of drug-likeness (QED) is 0.795. The Balaban J connectivity index is 2.66. The largest absolute Gasteiger partial charge is 0.389 e. The number of hydrogen-bond donors (Lipinski definition) is 0. The van der Waals surface area contributed by atoms with Gasteiger partial charge in [0, 0.05) is 25.8 Å². The van der Waals surface area contributed by atoms with E-state index >= 15 is 0 Å². The van der Waals surface area contributed by atoms with Gasteiger partial charge in [-0.15, -0.1) is 0 Å². The van der Waals surface area contributed by atoms with Gasteiger partial charge >= 0.3 is 6.18 Å². The Kier molecular flexibility index (Phi) is 4.86. The molecule has 2 unspecified atom stereocenters. The van der Waals surface area contributed by atoms with E-state index in [0.29, 0.717) is 19.3 Å². The Morgan fingerprint density at radius 1 is 1.32 bits per heavy atom. The van der Waals surface area contributed by atoms with Gasteiger partial charge in [-0.3, -0.25) is 4.79 Å². The van der Waals surface area contributed by atoms with E-state index in [1.54, 1.807) is 0 Å². The summed E-state index contributed by atoms with van der Waals surface area (Å²) >= 11 is 0. The van der Waals surface area contributed by atoms with Crippen LogP contribution in [0.4, 0.5) is 13.2 Å². The molecular formula is C11H18F3NO3S. The van der Waals surface area contributed by atoms with Crippen LogP contribution in [0.1, 0.15) is 32.1 Å². The van der Waals surface area contributed by atoms with Crippen LogP contribution in [-0.2, 0) is 14.6 Å². The van der Waals surface area contributed by atoms with Crippen LogP contribution in [0.2, 0.25) is 0 Å². The summed E-state index contributed by atoms with van der Waals surface area (Å²) in [6, 6.07) is -0.504. The Morgan fingerprint density at radius 2 is 1.89 bits per heavy atom.